The number of benzene rings is 3. The van der Waals surface area contributed by atoms with Crippen LogP contribution in [0.15, 0.2) is 71.7 Å². The van der Waals surface area contributed by atoms with Gasteiger partial charge in [0.15, 0.2) is 11.6 Å². The molecule has 38 heavy (non-hydrogen) atoms. The number of rotatable bonds is 8. The van der Waals surface area contributed by atoms with Crippen molar-refractivity contribution in [2.75, 3.05) is 19.8 Å². The lowest BCUT2D eigenvalue weighted by atomic mass is 9.81. The second-order valence-electron chi connectivity index (χ2n) is 9.63. The Morgan fingerprint density at radius 3 is 2.58 bits per heavy atom. The maximum Gasteiger partial charge on any atom is 0.255 e. The summed E-state index contributed by atoms with van der Waals surface area (Å²) < 4.78 is 12.2. The Labute approximate surface area is 232 Å². The van der Waals surface area contributed by atoms with Crippen LogP contribution in [0.1, 0.15) is 48.1 Å². The molecule has 0 fully saturated rings. The smallest absolute Gasteiger partial charge is 0.255 e. The molecule has 1 N–H and O–H groups in total. The van der Waals surface area contributed by atoms with E-state index in [0.29, 0.717) is 59.8 Å². The number of carbonyl (C=O) groups is 1. The zero-order valence-corrected chi connectivity index (χ0v) is 22.7. The minimum atomic E-state index is -1.23. The minimum Gasteiger partial charge on any atom is -0.494 e. The molecule has 5 rings (SSSR count). The van der Waals surface area contributed by atoms with Crippen LogP contribution in [0.2, 0.25) is 10.0 Å². The van der Waals surface area contributed by atoms with E-state index < -0.39 is 11.6 Å². The van der Waals surface area contributed by atoms with Gasteiger partial charge in [-0.1, -0.05) is 60.5 Å². The SMILES string of the molecule is CCCN1Cc2ccccc2C[C@]2(N=C(c3ccc(OCCCO)cc3)O[C@@H]2c2ccc(Cl)cc2Cl)C1=O. The van der Waals surface area contributed by atoms with E-state index in [9.17, 15) is 4.79 Å². The molecule has 198 valence electrons. The van der Waals surface area contributed by atoms with Gasteiger partial charge in [-0.05, 0) is 53.9 Å². The van der Waals surface area contributed by atoms with Gasteiger partial charge in [0.1, 0.15) is 5.75 Å². The lowest BCUT2D eigenvalue weighted by Crippen LogP contribution is -2.50. The quantitative estimate of drug-likeness (QED) is 0.347. The molecule has 2 atom stereocenters. The van der Waals surface area contributed by atoms with Gasteiger partial charge in [-0.2, -0.15) is 0 Å². The van der Waals surface area contributed by atoms with Crippen LogP contribution in [0.4, 0.5) is 0 Å². The standard InChI is InChI=1S/C30H30Cl2N2O4/c1-2-14-34-19-22-7-4-3-6-21(22)18-30(29(34)36)27(25-13-10-23(31)17-26(25)32)38-28(33-30)20-8-11-24(12-9-20)37-16-5-15-35/h3-4,6-13,17,27,35H,2,5,14-16,18-19H2,1H3/t27-,30-/m1/s1. The summed E-state index contributed by atoms with van der Waals surface area (Å²) in [4.78, 5) is 21.4. The third kappa shape index (κ3) is 5.13. The zero-order chi connectivity index (χ0) is 26.7. The zero-order valence-electron chi connectivity index (χ0n) is 21.2. The molecule has 0 radical (unpaired) electrons. The molecule has 8 heteroatoms. The molecule has 3 aromatic carbocycles. The van der Waals surface area contributed by atoms with Crippen LogP contribution in [0.25, 0.3) is 0 Å². The van der Waals surface area contributed by atoms with Crippen LogP contribution in [0, 0.1) is 0 Å². The molecule has 0 unspecified atom stereocenters. The number of halogens is 2. The Morgan fingerprint density at radius 1 is 1.11 bits per heavy atom. The number of hydrogen-bond donors (Lipinski definition) is 1. The molecule has 2 aliphatic rings. The van der Waals surface area contributed by atoms with E-state index in [-0.39, 0.29) is 12.5 Å². The Kier molecular flexibility index (Phi) is 7.93. The maximum atomic E-state index is 14.4. The van der Waals surface area contributed by atoms with Crippen molar-refractivity contribution in [1.29, 1.82) is 0 Å². The average Bonchev–Trinajstić information content (AvgIpc) is 3.24. The lowest BCUT2D eigenvalue weighted by Gasteiger charge is -2.33. The number of carbonyl (C=O) groups excluding carboxylic acids is 1. The molecule has 2 aliphatic heterocycles. The summed E-state index contributed by atoms with van der Waals surface area (Å²) in [6.07, 6.45) is 1.03. The first kappa shape index (κ1) is 26.5. The fraction of sp³-hybridized carbons (Fsp3) is 0.333. The molecule has 0 bridgehead atoms. The Morgan fingerprint density at radius 2 is 1.87 bits per heavy atom. The predicted molar refractivity (Wildman–Crippen MR) is 149 cm³/mol. The molecule has 0 saturated carbocycles. The van der Waals surface area contributed by atoms with Crippen LogP contribution >= 0.6 is 23.2 Å². The van der Waals surface area contributed by atoms with Gasteiger partial charge in [0.05, 0.1) is 6.61 Å². The first-order valence-electron chi connectivity index (χ1n) is 12.9. The second-order valence-corrected chi connectivity index (χ2v) is 10.5. The molecule has 1 spiro atoms. The largest absolute Gasteiger partial charge is 0.494 e. The van der Waals surface area contributed by atoms with Gasteiger partial charge in [0.2, 0.25) is 5.90 Å². The van der Waals surface area contributed by atoms with E-state index in [2.05, 4.69) is 19.1 Å². The lowest BCUT2D eigenvalue weighted by molar-refractivity contribution is -0.140. The molecule has 0 aromatic heterocycles. The van der Waals surface area contributed by atoms with Crippen LogP contribution in [0.5, 0.6) is 5.75 Å². The minimum absolute atomic E-state index is 0.0751. The van der Waals surface area contributed by atoms with Crippen LogP contribution in [0.3, 0.4) is 0 Å². The van der Waals surface area contributed by atoms with Crippen molar-refractivity contribution in [2.24, 2.45) is 4.99 Å². The van der Waals surface area contributed by atoms with Gasteiger partial charge >= 0.3 is 0 Å². The highest BCUT2D eigenvalue weighted by atomic mass is 35.5. The van der Waals surface area contributed by atoms with Gasteiger partial charge in [-0.15, -0.1) is 0 Å². The van der Waals surface area contributed by atoms with Gasteiger partial charge in [-0.25, -0.2) is 4.99 Å². The number of hydrogen-bond acceptors (Lipinski definition) is 5. The summed E-state index contributed by atoms with van der Waals surface area (Å²) in [5, 5.41) is 9.94. The first-order chi connectivity index (χ1) is 18.4. The fourth-order valence-electron chi connectivity index (χ4n) is 5.14. The topological polar surface area (TPSA) is 71.4 Å². The predicted octanol–water partition coefficient (Wildman–Crippen LogP) is 6.01. The van der Waals surface area contributed by atoms with Crippen molar-refractivity contribution < 1.29 is 19.4 Å². The monoisotopic (exact) mass is 552 g/mol. The van der Waals surface area contributed by atoms with Crippen molar-refractivity contribution in [2.45, 2.75) is 44.4 Å². The van der Waals surface area contributed by atoms with Crippen molar-refractivity contribution in [3.8, 4) is 5.75 Å². The number of aliphatic hydroxyl groups is 1. The molecular formula is C30H30Cl2N2O4. The van der Waals surface area contributed by atoms with Crippen molar-refractivity contribution in [1.82, 2.24) is 4.90 Å². The third-order valence-electron chi connectivity index (χ3n) is 6.97. The fourth-order valence-corrected chi connectivity index (χ4v) is 5.64. The summed E-state index contributed by atoms with van der Waals surface area (Å²) in [5.41, 5.74) is 2.35. The summed E-state index contributed by atoms with van der Waals surface area (Å²) in [5.74, 6) is 0.985. The van der Waals surface area contributed by atoms with E-state index in [1.807, 2.05) is 47.4 Å². The van der Waals surface area contributed by atoms with Crippen LogP contribution in [-0.2, 0) is 22.5 Å². The second kappa shape index (κ2) is 11.4. The Hall–Kier alpha value is -3.06. The molecule has 0 aliphatic carbocycles. The van der Waals surface area contributed by atoms with Crippen molar-refractivity contribution in [3.05, 3.63) is 99.0 Å². The molecule has 3 aromatic rings. The van der Waals surface area contributed by atoms with E-state index in [1.165, 1.54) is 0 Å². The van der Waals surface area contributed by atoms with Gasteiger partial charge in [-0.3, -0.25) is 4.79 Å². The van der Waals surface area contributed by atoms with Crippen molar-refractivity contribution >= 4 is 35.0 Å². The number of amides is 1. The average molecular weight is 553 g/mol. The highest BCUT2D eigenvalue weighted by Gasteiger charge is 2.56. The number of ether oxygens (including phenoxy) is 2. The highest BCUT2D eigenvalue weighted by molar-refractivity contribution is 6.35. The molecule has 0 saturated heterocycles. The van der Waals surface area contributed by atoms with Crippen LogP contribution in [-0.4, -0.2) is 47.1 Å². The molecule has 1 amide bonds. The van der Waals surface area contributed by atoms with E-state index >= 15 is 0 Å². The number of nitrogens with zero attached hydrogens (tertiary/aromatic N) is 2. The summed E-state index contributed by atoms with van der Waals surface area (Å²) in [6.45, 7) is 3.70. The Balaban J connectivity index is 1.61. The summed E-state index contributed by atoms with van der Waals surface area (Å²) >= 11 is 12.9. The summed E-state index contributed by atoms with van der Waals surface area (Å²) in [7, 11) is 0. The van der Waals surface area contributed by atoms with Gasteiger partial charge in [0, 0.05) is 53.7 Å². The normalized spacial score (nSPS) is 20.6. The van der Waals surface area contributed by atoms with E-state index in [0.717, 1.165) is 23.1 Å². The Bertz CT molecular complexity index is 1340. The summed E-state index contributed by atoms with van der Waals surface area (Å²) in [6, 6.07) is 20.8. The van der Waals surface area contributed by atoms with Crippen LogP contribution < -0.4 is 4.74 Å². The van der Waals surface area contributed by atoms with E-state index in [1.54, 1.807) is 12.1 Å². The van der Waals surface area contributed by atoms with Gasteiger partial charge < -0.3 is 19.5 Å². The first-order valence-corrected chi connectivity index (χ1v) is 13.6. The number of fused-ring (bicyclic) bond motifs is 1. The number of aliphatic hydroxyl groups excluding tert-OH is 1. The van der Waals surface area contributed by atoms with Crippen molar-refractivity contribution in [3.63, 3.8) is 0 Å². The molecule has 2 heterocycles. The highest BCUT2D eigenvalue weighted by Crippen LogP contribution is 2.47. The molecular weight excluding hydrogens is 523 g/mol. The maximum absolute atomic E-state index is 14.4. The van der Waals surface area contributed by atoms with E-state index in [4.69, 9.17) is 42.8 Å². The molecule has 6 nitrogen and oxygen atoms in total. The number of aliphatic imine (C=N–C) groups is 1. The third-order valence-corrected chi connectivity index (χ3v) is 7.53. The van der Waals surface area contributed by atoms with Gasteiger partial charge in [0.25, 0.3) is 5.91 Å².